The second kappa shape index (κ2) is 7.30. The Morgan fingerprint density at radius 1 is 1.08 bits per heavy atom. The molecule has 1 aliphatic heterocycles. The third-order valence-corrected chi connectivity index (χ3v) is 4.90. The highest BCUT2D eigenvalue weighted by Gasteiger charge is 2.18. The summed E-state index contributed by atoms with van der Waals surface area (Å²) in [6.07, 6.45) is 0.976. The Balaban J connectivity index is 1.66. The Morgan fingerprint density at radius 2 is 1.88 bits per heavy atom. The zero-order valence-corrected chi connectivity index (χ0v) is 15.1. The van der Waals surface area contributed by atoms with E-state index in [0.29, 0.717) is 13.1 Å². The summed E-state index contributed by atoms with van der Waals surface area (Å²) in [6.45, 7) is 5.69. The molecule has 0 radical (unpaired) electrons. The first kappa shape index (κ1) is 16.8. The molecule has 5 heteroatoms. The average Bonchev–Trinajstić information content (AvgIpc) is 2.83. The average molecular weight is 348 g/mol. The van der Waals surface area contributed by atoms with E-state index in [1.54, 1.807) is 0 Å². The summed E-state index contributed by atoms with van der Waals surface area (Å²) in [5.74, 6) is 1.12. The van der Waals surface area contributed by atoms with E-state index in [2.05, 4.69) is 64.2 Å². The number of carbonyl (C=O) groups is 1. The van der Waals surface area contributed by atoms with Gasteiger partial charge < -0.3 is 9.88 Å². The molecule has 4 rings (SSSR count). The second-order valence-electron chi connectivity index (χ2n) is 7.00. The van der Waals surface area contributed by atoms with Crippen LogP contribution in [0.25, 0.3) is 11.0 Å². The summed E-state index contributed by atoms with van der Waals surface area (Å²) in [5, 5.41) is 2.94. The molecule has 1 N–H and O–H groups in total. The Morgan fingerprint density at radius 3 is 2.73 bits per heavy atom. The number of para-hydroxylation sites is 2. The summed E-state index contributed by atoms with van der Waals surface area (Å²) in [4.78, 5) is 18.9. The number of hydrogen-bond acceptors (Lipinski definition) is 3. The molecule has 1 amide bonds. The molecule has 3 aromatic rings. The van der Waals surface area contributed by atoms with Crippen molar-refractivity contribution in [2.75, 3.05) is 19.6 Å². The van der Waals surface area contributed by atoms with Crippen molar-refractivity contribution in [3.63, 3.8) is 0 Å². The third-order valence-electron chi connectivity index (χ3n) is 4.90. The van der Waals surface area contributed by atoms with Crippen molar-refractivity contribution in [1.29, 1.82) is 0 Å². The number of imidazole rings is 1. The van der Waals surface area contributed by atoms with Gasteiger partial charge in [0.1, 0.15) is 5.82 Å². The molecule has 1 saturated heterocycles. The van der Waals surface area contributed by atoms with Gasteiger partial charge in [0.2, 0.25) is 5.91 Å². The smallest absolute Gasteiger partial charge is 0.234 e. The van der Waals surface area contributed by atoms with E-state index in [1.807, 2.05) is 6.07 Å². The Labute approximate surface area is 153 Å². The lowest BCUT2D eigenvalue weighted by atomic mass is 10.1. The van der Waals surface area contributed by atoms with Crippen LogP contribution in [-0.4, -0.2) is 40.0 Å². The minimum absolute atomic E-state index is 0.101. The van der Waals surface area contributed by atoms with Gasteiger partial charge in [-0.2, -0.15) is 0 Å². The van der Waals surface area contributed by atoms with Crippen molar-refractivity contribution in [3.8, 4) is 0 Å². The predicted molar refractivity (Wildman–Crippen MR) is 103 cm³/mol. The SMILES string of the molecule is Cc1ccc(Cn2c(CN3CCCNC(=O)C3)nc3ccccc32)cc1. The van der Waals surface area contributed by atoms with E-state index in [0.717, 1.165) is 42.9 Å². The number of nitrogens with zero attached hydrogens (tertiary/aromatic N) is 3. The maximum atomic E-state index is 11.9. The molecular weight excluding hydrogens is 324 g/mol. The lowest BCUT2D eigenvalue weighted by Gasteiger charge is -2.19. The summed E-state index contributed by atoms with van der Waals surface area (Å²) < 4.78 is 2.28. The molecule has 0 atom stereocenters. The number of amides is 1. The van der Waals surface area contributed by atoms with Gasteiger partial charge in [-0.3, -0.25) is 9.69 Å². The van der Waals surface area contributed by atoms with Gasteiger partial charge in [0.15, 0.2) is 0 Å². The van der Waals surface area contributed by atoms with Gasteiger partial charge in [-0.15, -0.1) is 0 Å². The van der Waals surface area contributed by atoms with Gasteiger partial charge in [0.05, 0.1) is 24.1 Å². The van der Waals surface area contributed by atoms with Crippen LogP contribution in [0.5, 0.6) is 0 Å². The zero-order valence-electron chi connectivity index (χ0n) is 15.1. The van der Waals surface area contributed by atoms with E-state index in [1.165, 1.54) is 11.1 Å². The van der Waals surface area contributed by atoms with Gasteiger partial charge in [0, 0.05) is 19.6 Å². The molecule has 0 saturated carbocycles. The fourth-order valence-corrected chi connectivity index (χ4v) is 3.50. The van der Waals surface area contributed by atoms with Crippen LogP contribution in [0.3, 0.4) is 0 Å². The van der Waals surface area contributed by atoms with Gasteiger partial charge in [-0.1, -0.05) is 42.0 Å². The molecule has 1 fully saturated rings. The van der Waals surface area contributed by atoms with Crippen molar-refractivity contribution < 1.29 is 4.79 Å². The first-order chi connectivity index (χ1) is 12.7. The van der Waals surface area contributed by atoms with Gasteiger partial charge in [0.25, 0.3) is 0 Å². The van der Waals surface area contributed by atoms with Crippen LogP contribution >= 0.6 is 0 Å². The number of hydrogen-bond donors (Lipinski definition) is 1. The van der Waals surface area contributed by atoms with Crippen LogP contribution < -0.4 is 5.32 Å². The van der Waals surface area contributed by atoms with Crippen molar-refractivity contribution >= 4 is 16.9 Å². The highest BCUT2D eigenvalue weighted by atomic mass is 16.2. The molecule has 134 valence electrons. The molecule has 26 heavy (non-hydrogen) atoms. The van der Waals surface area contributed by atoms with Crippen LogP contribution in [0.1, 0.15) is 23.4 Å². The highest BCUT2D eigenvalue weighted by Crippen LogP contribution is 2.20. The fraction of sp³-hybridized carbons (Fsp3) is 0.333. The molecule has 2 heterocycles. The molecule has 0 aliphatic carbocycles. The predicted octanol–water partition coefficient (Wildman–Crippen LogP) is 2.71. The number of nitrogens with one attached hydrogen (secondary N) is 1. The number of carbonyl (C=O) groups excluding carboxylic acids is 1. The first-order valence-electron chi connectivity index (χ1n) is 9.18. The molecule has 0 spiro atoms. The summed E-state index contributed by atoms with van der Waals surface area (Å²) >= 11 is 0. The van der Waals surface area contributed by atoms with Crippen LogP contribution in [0.2, 0.25) is 0 Å². The van der Waals surface area contributed by atoms with Crippen molar-refractivity contribution in [2.45, 2.75) is 26.4 Å². The minimum atomic E-state index is 0.101. The van der Waals surface area contributed by atoms with Crippen molar-refractivity contribution in [2.24, 2.45) is 0 Å². The number of fused-ring (bicyclic) bond motifs is 1. The van der Waals surface area contributed by atoms with Crippen molar-refractivity contribution in [3.05, 3.63) is 65.5 Å². The fourth-order valence-electron chi connectivity index (χ4n) is 3.50. The number of rotatable bonds is 4. The Kier molecular flexibility index (Phi) is 4.71. The van der Waals surface area contributed by atoms with Crippen LogP contribution in [0.15, 0.2) is 48.5 Å². The first-order valence-corrected chi connectivity index (χ1v) is 9.18. The molecule has 0 unspecified atom stereocenters. The standard InChI is InChI=1S/C21H24N4O/c1-16-7-9-17(10-8-16)13-25-19-6-3-2-5-18(19)23-20(25)14-24-12-4-11-22-21(26)15-24/h2-3,5-10H,4,11-15H2,1H3,(H,22,26). The normalized spacial score (nSPS) is 15.8. The number of aromatic nitrogens is 2. The monoisotopic (exact) mass is 348 g/mol. The van der Waals surface area contributed by atoms with Crippen molar-refractivity contribution in [1.82, 2.24) is 19.8 Å². The summed E-state index contributed by atoms with van der Waals surface area (Å²) in [6, 6.07) is 16.9. The Hall–Kier alpha value is -2.66. The van der Waals surface area contributed by atoms with Gasteiger partial charge in [-0.25, -0.2) is 4.98 Å². The minimum Gasteiger partial charge on any atom is -0.355 e. The molecular formula is C21H24N4O. The largest absolute Gasteiger partial charge is 0.355 e. The molecule has 2 aromatic carbocycles. The maximum Gasteiger partial charge on any atom is 0.234 e. The molecule has 1 aliphatic rings. The van der Waals surface area contributed by atoms with E-state index in [-0.39, 0.29) is 5.91 Å². The molecule has 5 nitrogen and oxygen atoms in total. The maximum absolute atomic E-state index is 11.9. The summed E-state index contributed by atoms with van der Waals surface area (Å²) in [5.41, 5.74) is 4.67. The summed E-state index contributed by atoms with van der Waals surface area (Å²) in [7, 11) is 0. The highest BCUT2D eigenvalue weighted by molar-refractivity contribution is 5.78. The lowest BCUT2D eigenvalue weighted by molar-refractivity contribution is -0.121. The van der Waals surface area contributed by atoms with E-state index >= 15 is 0 Å². The number of benzene rings is 2. The topological polar surface area (TPSA) is 50.2 Å². The van der Waals surface area contributed by atoms with Crippen LogP contribution in [0.4, 0.5) is 0 Å². The third kappa shape index (κ3) is 3.63. The van der Waals surface area contributed by atoms with Gasteiger partial charge >= 0.3 is 0 Å². The quantitative estimate of drug-likeness (QED) is 0.789. The molecule has 1 aromatic heterocycles. The second-order valence-corrected chi connectivity index (χ2v) is 7.00. The van der Waals surface area contributed by atoms with Crippen LogP contribution in [0, 0.1) is 6.92 Å². The molecule has 0 bridgehead atoms. The lowest BCUT2D eigenvalue weighted by Crippen LogP contribution is -2.33. The zero-order chi connectivity index (χ0) is 17.9. The van der Waals surface area contributed by atoms with E-state index in [4.69, 9.17) is 4.98 Å². The van der Waals surface area contributed by atoms with Gasteiger partial charge in [-0.05, 0) is 31.0 Å². The number of aryl methyl sites for hydroxylation is 1. The van der Waals surface area contributed by atoms with Crippen LogP contribution in [-0.2, 0) is 17.9 Å². The Bertz CT molecular complexity index is 913. The van der Waals surface area contributed by atoms with E-state index < -0.39 is 0 Å². The van der Waals surface area contributed by atoms with E-state index in [9.17, 15) is 4.79 Å².